The van der Waals surface area contributed by atoms with E-state index in [1.54, 1.807) is 6.92 Å². The second-order valence-corrected chi connectivity index (χ2v) is 4.33. The molecule has 1 atom stereocenters. The molecule has 2 rings (SSSR count). The van der Waals surface area contributed by atoms with Crippen molar-refractivity contribution >= 4 is 11.8 Å². The van der Waals surface area contributed by atoms with E-state index in [1.165, 1.54) is 0 Å². The number of esters is 1. The highest BCUT2D eigenvalue weighted by Gasteiger charge is 2.38. The van der Waals surface area contributed by atoms with Crippen LogP contribution in [0.2, 0.25) is 0 Å². The minimum Gasteiger partial charge on any atom is -0.464 e. The van der Waals surface area contributed by atoms with Crippen molar-refractivity contribution in [3.05, 3.63) is 35.9 Å². The first-order valence-electron chi connectivity index (χ1n) is 6.19. The number of carbonyl (C=O) groups is 2. The Morgan fingerprint density at radius 3 is 2.78 bits per heavy atom. The number of likely N-dealkylation sites (tertiary alicyclic amines) is 1. The number of rotatable bonds is 4. The predicted molar refractivity (Wildman–Crippen MR) is 66.9 cm³/mol. The molecule has 1 unspecified atom stereocenters. The number of ketones is 1. The lowest BCUT2D eigenvalue weighted by Crippen LogP contribution is -2.40. The lowest BCUT2D eigenvalue weighted by molar-refractivity contribution is -0.151. The molecular formula is C14H17NO3. The van der Waals surface area contributed by atoms with Crippen LogP contribution in [0.25, 0.3) is 0 Å². The summed E-state index contributed by atoms with van der Waals surface area (Å²) in [5.74, 6) is -0.458. The molecule has 0 amide bonds. The monoisotopic (exact) mass is 247 g/mol. The molecule has 0 radical (unpaired) electrons. The lowest BCUT2D eigenvalue weighted by Gasteiger charge is -2.21. The van der Waals surface area contributed by atoms with Crippen molar-refractivity contribution in [1.29, 1.82) is 0 Å². The molecule has 0 spiro atoms. The van der Waals surface area contributed by atoms with E-state index in [4.69, 9.17) is 4.74 Å². The van der Waals surface area contributed by atoms with Gasteiger partial charge in [-0.15, -0.1) is 0 Å². The molecule has 0 aromatic heterocycles. The molecule has 1 saturated heterocycles. The maximum Gasteiger partial charge on any atom is 0.331 e. The summed E-state index contributed by atoms with van der Waals surface area (Å²) in [5, 5.41) is 0. The van der Waals surface area contributed by atoms with E-state index in [0.717, 1.165) is 5.56 Å². The topological polar surface area (TPSA) is 46.6 Å². The van der Waals surface area contributed by atoms with Crippen molar-refractivity contribution in [3.8, 4) is 0 Å². The van der Waals surface area contributed by atoms with Crippen molar-refractivity contribution in [2.75, 3.05) is 13.2 Å². The number of hydrogen-bond donors (Lipinski definition) is 0. The zero-order valence-corrected chi connectivity index (χ0v) is 10.5. The van der Waals surface area contributed by atoms with Crippen molar-refractivity contribution in [1.82, 2.24) is 4.90 Å². The number of ether oxygens (including phenoxy) is 1. The third-order valence-electron chi connectivity index (χ3n) is 3.05. The molecule has 18 heavy (non-hydrogen) atoms. The molecule has 1 aliphatic rings. The van der Waals surface area contributed by atoms with E-state index >= 15 is 0 Å². The molecule has 1 aliphatic heterocycles. The molecule has 0 N–H and O–H groups in total. The average Bonchev–Trinajstić information content (AvgIpc) is 2.72. The average molecular weight is 247 g/mol. The van der Waals surface area contributed by atoms with E-state index in [9.17, 15) is 9.59 Å². The van der Waals surface area contributed by atoms with Gasteiger partial charge in [0.15, 0.2) is 11.8 Å². The van der Waals surface area contributed by atoms with E-state index in [1.807, 2.05) is 35.2 Å². The summed E-state index contributed by atoms with van der Waals surface area (Å²) in [5.41, 5.74) is 1.10. The van der Waals surface area contributed by atoms with Gasteiger partial charge in [-0.2, -0.15) is 0 Å². The second-order valence-electron chi connectivity index (χ2n) is 4.33. The van der Waals surface area contributed by atoms with Crippen LogP contribution in [0.5, 0.6) is 0 Å². The van der Waals surface area contributed by atoms with Crippen molar-refractivity contribution in [2.24, 2.45) is 0 Å². The summed E-state index contributed by atoms with van der Waals surface area (Å²) in [4.78, 5) is 25.4. The van der Waals surface area contributed by atoms with Crippen LogP contribution in [0.1, 0.15) is 18.9 Å². The Hall–Kier alpha value is -1.68. The van der Waals surface area contributed by atoms with E-state index in [-0.39, 0.29) is 5.78 Å². The van der Waals surface area contributed by atoms with Gasteiger partial charge in [0.05, 0.1) is 6.61 Å². The smallest absolute Gasteiger partial charge is 0.331 e. The van der Waals surface area contributed by atoms with Crippen LogP contribution in [0.15, 0.2) is 30.3 Å². The summed E-state index contributed by atoms with van der Waals surface area (Å²) < 4.78 is 4.96. The number of carbonyl (C=O) groups excluding carboxylic acids is 2. The minimum atomic E-state index is -0.717. The molecule has 1 aromatic rings. The number of nitrogens with zero attached hydrogens (tertiary/aromatic N) is 1. The number of Topliss-reactive ketones (excluding diaryl/α,β-unsaturated/α-hetero) is 1. The first kappa shape index (κ1) is 12.8. The van der Waals surface area contributed by atoms with Crippen molar-refractivity contribution in [2.45, 2.75) is 25.9 Å². The predicted octanol–water partition coefficient (Wildman–Crippen LogP) is 1.39. The van der Waals surface area contributed by atoms with Crippen molar-refractivity contribution in [3.63, 3.8) is 0 Å². The molecule has 96 valence electrons. The largest absolute Gasteiger partial charge is 0.464 e. The number of hydrogen-bond acceptors (Lipinski definition) is 4. The Bertz CT molecular complexity index is 430. The summed E-state index contributed by atoms with van der Waals surface area (Å²) in [6.45, 7) is 3.29. The van der Waals surface area contributed by atoms with Crippen LogP contribution in [0.4, 0.5) is 0 Å². The molecule has 4 nitrogen and oxygen atoms in total. The molecule has 1 aromatic carbocycles. The van der Waals surface area contributed by atoms with Gasteiger partial charge >= 0.3 is 5.97 Å². The maximum absolute atomic E-state index is 11.8. The fraction of sp³-hybridized carbons (Fsp3) is 0.429. The quantitative estimate of drug-likeness (QED) is 0.596. The van der Waals surface area contributed by atoms with E-state index in [2.05, 4.69) is 0 Å². The first-order chi connectivity index (χ1) is 8.72. The third kappa shape index (κ3) is 2.76. The molecule has 4 heteroatoms. The number of benzene rings is 1. The van der Waals surface area contributed by atoms with Gasteiger partial charge in [-0.1, -0.05) is 30.3 Å². The van der Waals surface area contributed by atoms with E-state index in [0.29, 0.717) is 26.1 Å². The Balaban J connectivity index is 2.07. The molecule has 0 saturated carbocycles. The Morgan fingerprint density at radius 2 is 2.11 bits per heavy atom. The maximum atomic E-state index is 11.8. The fourth-order valence-corrected chi connectivity index (χ4v) is 2.21. The van der Waals surface area contributed by atoms with Gasteiger partial charge in [-0.05, 0) is 12.5 Å². The van der Waals surface area contributed by atoms with Crippen LogP contribution in [0.3, 0.4) is 0 Å². The van der Waals surface area contributed by atoms with Crippen LogP contribution in [0, 0.1) is 0 Å². The van der Waals surface area contributed by atoms with E-state index < -0.39 is 12.0 Å². The molecule has 1 heterocycles. The van der Waals surface area contributed by atoms with Gasteiger partial charge in [0.2, 0.25) is 0 Å². The van der Waals surface area contributed by atoms with Gasteiger partial charge in [0.1, 0.15) is 0 Å². The normalized spacial score (nSPS) is 20.1. The standard InChI is InChI=1S/C14H17NO3/c1-2-18-14(17)13-12(16)8-9-15(13)10-11-6-4-3-5-7-11/h3-7,13H,2,8-10H2,1H3. The van der Waals surface area contributed by atoms with Gasteiger partial charge in [-0.25, -0.2) is 4.79 Å². The molecule has 0 bridgehead atoms. The minimum absolute atomic E-state index is 0.0376. The SMILES string of the molecule is CCOC(=O)C1C(=O)CCN1Cc1ccccc1. The van der Waals surface area contributed by atoms with Gasteiger partial charge < -0.3 is 4.74 Å². The highest BCUT2D eigenvalue weighted by atomic mass is 16.5. The third-order valence-corrected chi connectivity index (χ3v) is 3.05. The first-order valence-corrected chi connectivity index (χ1v) is 6.19. The van der Waals surface area contributed by atoms with Crippen LogP contribution >= 0.6 is 0 Å². The summed E-state index contributed by atoms with van der Waals surface area (Å²) >= 11 is 0. The van der Waals surface area contributed by atoms with Crippen molar-refractivity contribution < 1.29 is 14.3 Å². The van der Waals surface area contributed by atoms with Crippen LogP contribution in [-0.2, 0) is 20.9 Å². The lowest BCUT2D eigenvalue weighted by atomic mass is 10.1. The summed E-state index contributed by atoms with van der Waals surface area (Å²) in [6.07, 6.45) is 0.427. The van der Waals surface area contributed by atoms with Gasteiger partial charge in [-0.3, -0.25) is 9.69 Å². The molecule has 1 fully saturated rings. The van der Waals surface area contributed by atoms with Gasteiger partial charge in [0, 0.05) is 19.5 Å². The summed E-state index contributed by atoms with van der Waals surface area (Å²) in [7, 11) is 0. The zero-order valence-electron chi connectivity index (χ0n) is 10.5. The Morgan fingerprint density at radius 1 is 1.39 bits per heavy atom. The fourth-order valence-electron chi connectivity index (χ4n) is 2.21. The molecule has 0 aliphatic carbocycles. The second kappa shape index (κ2) is 5.78. The van der Waals surface area contributed by atoms with Crippen LogP contribution in [-0.4, -0.2) is 35.8 Å². The Kier molecular flexibility index (Phi) is 4.10. The highest BCUT2D eigenvalue weighted by molar-refractivity contribution is 6.04. The highest BCUT2D eigenvalue weighted by Crippen LogP contribution is 2.18. The zero-order chi connectivity index (χ0) is 13.0. The Labute approximate surface area is 107 Å². The molecular weight excluding hydrogens is 230 g/mol. The van der Waals surface area contributed by atoms with Crippen LogP contribution < -0.4 is 0 Å². The summed E-state index contributed by atoms with van der Waals surface area (Å²) in [6, 6.07) is 9.11. The van der Waals surface area contributed by atoms with Gasteiger partial charge in [0.25, 0.3) is 0 Å².